The first-order valence-electron chi connectivity index (χ1n) is 4.93. The number of thiocarbonyl (C=S) groups is 1. The number of hydrogen-bond acceptors (Lipinski definition) is 3. The number of aromatic nitrogens is 1. The molecule has 2 rings (SSSR count). The maximum atomic E-state index is 5.89. The Morgan fingerprint density at radius 2 is 2.29 bits per heavy atom. The van der Waals surface area contributed by atoms with Crippen molar-refractivity contribution in [3.63, 3.8) is 0 Å². The largest absolute Gasteiger partial charge is 0.467 e. The van der Waals surface area contributed by atoms with Crippen LogP contribution in [0.5, 0.6) is 0 Å². The monoisotopic (exact) mass is 267 g/mol. The molecular weight excluding hydrogens is 258 g/mol. The molecule has 0 amide bonds. The lowest BCUT2D eigenvalue weighted by Crippen LogP contribution is -2.27. The Kier molecular flexibility index (Phi) is 3.95. The quantitative estimate of drug-likeness (QED) is 0.662. The molecule has 0 spiro atoms. The zero-order chi connectivity index (χ0) is 12.1. The van der Waals surface area contributed by atoms with E-state index in [2.05, 4.69) is 15.6 Å². The molecule has 4 nitrogen and oxygen atoms in total. The van der Waals surface area contributed by atoms with Crippen LogP contribution in [0.1, 0.15) is 5.76 Å². The Balaban J connectivity index is 1.87. The second kappa shape index (κ2) is 5.65. The number of hydrogen-bond donors (Lipinski definition) is 2. The molecule has 0 unspecified atom stereocenters. The number of rotatable bonds is 3. The Morgan fingerprint density at radius 1 is 1.41 bits per heavy atom. The van der Waals surface area contributed by atoms with Crippen molar-refractivity contribution < 1.29 is 4.42 Å². The van der Waals surface area contributed by atoms with Crippen molar-refractivity contribution in [3.05, 3.63) is 47.6 Å². The van der Waals surface area contributed by atoms with Gasteiger partial charge in [-0.1, -0.05) is 11.6 Å². The summed E-state index contributed by atoms with van der Waals surface area (Å²) in [4.78, 5) is 3.94. The molecule has 2 heterocycles. The Labute approximate surface area is 109 Å². The van der Waals surface area contributed by atoms with E-state index < -0.39 is 0 Å². The standard InChI is InChI=1S/C11H10ClN3OS/c12-10-9(4-1-5-13-10)15-11(17)14-7-8-3-2-6-16-8/h1-6H,7H2,(H2,14,15,17). The topological polar surface area (TPSA) is 50.1 Å². The third-order valence-electron chi connectivity index (χ3n) is 2.01. The average Bonchev–Trinajstić information content (AvgIpc) is 2.82. The number of nitrogens with one attached hydrogen (secondary N) is 2. The van der Waals surface area contributed by atoms with Gasteiger partial charge in [0.15, 0.2) is 10.3 Å². The lowest BCUT2D eigenvalue weighted by molar-refractivity contribution is 0.503. The van der Waals surface area contributed by atoms with Gasteiger partial charge in [0, 0.05) is 6.20 Å². The lowest BCUT2D eigenvalue weighted by Gasteiger charge is -2.09. The van der Waals surface area contributed by atoms with Gasteiger partial charge in [0.05, 0.1) is 18.5 Å². The van der Waals surface area contributed by atoms with Crippen LogP contribution in [0.3, 0.4) is 0 Å². The van der Waals surface area contributed by atoms with E-state index in [1.54, 1.807) is 24.6 Å². The molecule has 0 saturated carbocycles. The van der Waals surface area contributed by atoms with Crippen LogP contribution < -0.4 is 10.6 Å². The average molecular weight is 268 g/mol. The van der Waals surface area contributed by atoms with Gasteiger partial charge in [0.1, 0.15) is 5.76 Å². The highest BCUT2D eigenvalue weighted by atomic mass is 35.5. The molecule has 0 radical (unpaired) electrons. The minimum atomic E-state index is 0.384. The van der Waals surface area contributed by atoms with Gasteiger partial charge in [-0.25, -0.2) is 4.98 Å². The first-order chi connectivity index (χ1) is 8.25. The van der Waals surface area contributed by atoms with Crippen LogP contribution >= 0.6 is 23.8 Å². The van der Waals surface area contributed by atoms with Crippen molar-refractivity contribution in [1.29, 1.82) is 0 Å². The van der Waals surface area contributed by atoms with Crippen molar-refractivity contribution in [2.45, 2.75) is 6.54 Å². The van der Waals surface area contributed by atoms with E-state index in [4.69, 9.17) is 28.2 Å². The van der Waals surface area contributed by atoms with Gasteiger partial charge < -0.3 is 15.1 Å². The molecule has 2 aromatic rings. The molecule has 0 aliphatic heterocycles. The zero-order valence-electron chi connectivity index (χ0n) is 8.81. The van der Waals surface area contributed by atoms with E-state index in [1.165, 1.54) is 0 Å². The summed E-state index contributed by atoms with van der Waals surface area (Å²) in [6, 6.07) is 7.28. The van der Waals surface area contributed by atoms with Gasteiger partial charge in [-0.2, -0.15) is 0 Å². The van der Waals surface area contributed by atoms with E-state index in [1.807, 2.05) is 12.1 Å². The molecule has 0 atom stereocenters. The second-order valence-electron chi connectivity index (χ2n) is 3.23. The summed E-state index contributed by atoms with van der Waals surface area (Å²) in [6.45, 7) is 0.525. The summed E-state index contributed by atoms with van der Waals surface area (Å²) >= 11 is 11.0. The van der Waals surface area contributed by atoms with Crippen molar-refractivity contribution in [3.8, 4) is 0 Å². The summed E-state index contributed by atoms with van der Waals surface area (Å²) in [7, 11) is 0. The fourth-order valence-corrected chi connectivity index (χ4v) is 1.58. The fourth-order valence-electron chi connectivity index (χ4n) is 1.23. The third-order valence-corrected chi connectivity index (χ3v) is 2.56. The fraction of sp³-hybridized carbons (Fsp3) is 0.0909. The number of pyridine rings is 1. The summed E-state index contributed by atoms with van der Waals surface area (Å²) in [6.07, 6.45) is 3.23. The predicted octanol–water partition coefficient (Wildman–Crippen LogP) is 2.81. The molecule has 2 aromatic heterocycles. The first kappa shape index (κ1) is 11.9. The molecule has 0 saturated heterocycles. The molecular formula is C11H10ClN3OS. The minimum absolute atomic E-state index is 0.384. The van der Waals surface area contributed by atoms with E-state index in [0.717, 1.165) is 5.76 Å². The second-order valence-corrected chi connectivity index (χ2v) is 4.00. The predicted molar refractivity (Wildman–Crippen MR) is 71.0 cm³/mol. The summed E-state index contributed by atoms with van der Waals surface area (Å²) in [5, 5.41) is 6.81. The Hall–Kier alpha value is -1.59. The van der Waals surface area contributed by atoms with Crippen LogP contribution in [0.15, 0.2) is 41.1 Å². The van der Waals surface area contributed by atoms with Crippen molar-refractivity contribution >= 4 is 34.6 Å². The molecule has 6 heteroatoms. The maximum absolute atomic E-state index is 5.89. The normalized spacial score (nSPS) is 9.94. The molecule has 88 valence electrons. The molecule has 0 fully saturated rings. The number of furan rings is 1. The Morgan fingerprint density at radius 3 is 3.00 bits per heavy atom. The summed E-state index contributed by atoms with van der Waals surface area (Å²) in [5.74, 6) is 0.812. The van der Waals surface area contributed by atoms with Crippen molar-refractivity contribution in [1.82, 2.24) is 10.3 Å². The van der Waals surface area contributed by atoms with Crippen LogP contribution in [-0.2, 0) is 6.54 Å². The van der Waals surface area contributed by atoms with Crippen LogP contribution in [-0.4, -0.2) is 10.1 Å². The van der Waals surface area contributed by atoms with Gasteiger partial charge in [0.25, 0.3) is 0 Å². The first-order valence-corrected chi connectivity index (χ1v) is 5.72. The summed E-state index contributed by atoms with van der Waals surface area (Å²) < 4.78 is 5.17. The minimum Gasteiger partial charge on any atom is -0.467 e. The van der Waals surface area contributed by atoms with Crippen LogP contribution in [0, 0.1) is 0 Å². The highest BCUT2D eigenvalue weighted by Crippen LogP contribution is 2.17. The van der Waals surface area contributed by atoms with Crippen molar-refractivity contribution in [2.24, 2.45) is 0 Å². The van der Waals surface area contributed by atoms with E-state index >= 15 is 0 Å². The van der Waals surface area contributed by atoms with Gasteiger partial charge in [-0.05, 0) is 36.5 Å². The zero-order valence-corrected chi connectivity index (χ0v) is 10.4. The van der Waals surface area contributed by atoms with Gasteiger partial charge in [0.2, 0.25) is 0 Å². The van der Waals surface area contributed by atoms with Crippen LogP contribution in [0.2, 0.25) is 5.15 Å². The third kappa shape index (κ3) is 3.44. The molecule has 0 aliphatic carbocycles. The van der Waals surface area contributed by atoms with Crippen molar-refractivity contribution in [2.75, 3.05) is 5.32 Å². The number of halogens is 1. The van der Waals surface area contributed by atoms with E-state index in [9.17, 15) is 0 Å². The highest BCUT2D eigenvalue weighted by Gasteiger charge is 2.03. The molecule has 0 aromatic carbocycles. The summed E-state index contributed by atoms with van der Waals surface area (Å²) in [5.41, 5.74) is 0.672. The molecule has 0 aliphatic rings. The highest BCUT2D eigenvalue weighted by molar-refractivity contribution is 7.80. The number of anilines is 1. The van der Waals surface area contributed by atoms with Gasteiger partial charge in [-0.3, -0.25) is 0 Å². The van der Waals surface area contributed by atoms with Gasteiger partial charge >= 0.3 is 0 Å². The molecule has 2 N–H and O–H groups in total. The van der Waals surface area contributed by atoms with E-state index in [-0.39, 0.29) is 0 Å². The van der Waals surface area contributed by atoms with Crippen LogP contribution in [0.4, 0.5) is 5.69 Å². The maximum Gasteiger partial charge on any atom is 0.171 e. The molecule has 17 heavy (non-hydrogen) atoms. The molecule has 0 bridgehead atoms. The SMILES string of the molecule is S=C(NCc1ccco1)Nc1cccnc1Cl. The number of nitrogens with zero attached hydrogens (tertiary/aromatic N) is 1. The Bertz CT molecular complexity index is 501. The lowest BCUT2D eigenvalue weighted by atomic mass is 10.4. The smallest absolute Gasteiger partial charge is 0.171 e. The van der Waals surface area contributed by atoms with E-state index in [0.29, 0.717) is 22.5 Å². The van der Waals surface area contributed by atoms with Gasteiger partial charge in [-0.15, -0.1) is 0 Å². The van der Waals surface area contributed by atoms with Crippen LogP contribution in [0.25, 0.3) is 0 Å².